The molecule has 11 amide bonds. The van der Waals surface area contributed by atoms with Crippen molar-refractivity contribution in [1.82, 2.24) is 36.4 Å². The average molecular weight is 1840 g/mol. The van der Waals surface area contributed by atoms with E-state index < -0.39 is 96.3 Å². The lowest BCUT2D eigenvalue weighted by atomic mass is 10.00. The summed E-state index contributed by atoms with van der Waals surface area (Å²) in [5.74, 6) is -6.79. The molecule has 4 aromatic carbocycles. The van der Waals surface area contributed by atoms with Gasteiger partial charge in [0.2, 0.25) is 41.4 Å². The molecule has 1 unspecified atom stereocenters. The monoisotopic (exact) mass is 1830 g/mol. The summed E-state index contributed by atoms with van der Waals surface area (Å²) in [5.41, 5.74) is 3.17. The van der Waals surface area contributed by atoms with Crippen molar-refractivity contribution < 1.29 is 139 Å². The number of hydrogen-bond donors (Lipinski definition) is 9. The smallest absolute Gasteiger partial charge is 0.416 e. The van der Waals surface area contributed by atoms with Gasteiger partial charge >= 0.3 is 18.2 Å². The number of aliphatic hydroxyl groups excluding tert-OH is 1. The van der Waals surface area contributed by atoms with Crippen molar-refractivity contribution in [3.63, 3.8) is 0 Å². The van der Waals surface area contributed by atoms with Gasteiger partial charge in [0, 0.05) is 114 Å². The molecule has 40 nitrogen and oxygen atoms in total. The first kappa shape index (κ1) is 103. The number of anilines is 4. The first-order valence-corrected chi connectivity index (χ1v) is 44.2. The predicted octanol–water partition coefficient (Wildman–Crippen LogP) is 5.37. The topological polar surface area (TPSA) is 497 Å². The summed E-state index contributed by atoms with van der Waals surface area (Å²) in [6, 6.07) is 13.6. The Bertz CT molecular complexity index is 4560. The third-order valence-electron chi connectivity index (χ3n) is 21.9. The maximum atomic E-state index is 14.5. The molecule has 2 saturated heterocycles. The minimum atomic E-state index is -1.64. The number of nitrogens with zero attached hydrogens (tertiary/aromatic N) is 4. The summed E-state index contributed by atoms with van der Waals surface area (Å²) >= 11 is 0. The number of nitrogens with one attached hydrogen (secondary N) is 7. The molecule has 0 saturated carbocycles. The third kappa shape index (κ3) is 33.2. The Kier molecular flexibility index (Phi) is 42.6. The number of ketones is 2. The van der Waals surface area contributed by atoms with Crippen LogP contribution in [0.3, 0.4) is 0 Å². The number of carbonyl (C=O) groups excluding carboxylic acids is 13. The number of unbranched alkanes of at least 4 members (excludes halogenated alkanes) is 2. The highest BCUT2D eigenvalue weighted by Crippen LogP contribution is 2.42. The van der Waals surface area contributed by atoms with Crippen molar-refractivity contribution in [2.45, 2.75) is 167 Å². The van der Waals surface area contributed by atoms with Gasteiger partial charge in [-0.3, -0.25) is 62.4 Å². The molecule has 7 heterocycles. The Morgan fingerprint density at radius 2 is 1.11 bits per heavy atom. The van der Waals surface area contributed by atoms with E-state index in [2.05, 4.69) is 43.8 Å². The molecule has 7 aliphatic heterocycles. The number of ether oxygens (including phenoxy) is 13. The minimum absolute atomic E-state index is 0.00418. The van der Waals surface area contributed by atoms with Gasteiger partial charge in [-0.25, -0.2) is 14.5 Å². The third-order valence-corrected chi connectivity index (χ3v) is 21.9. The molecule has 40 heteroatoms. The van der Waals surface area contributed by atoms with Gasteiger partial charge in [-0.05, 0) is 99.0 Å². The highest BCUT2D eigenvalue weighted by Gasteiger charge is 2.47. The molecule has 2 fully saturated rings. The number of hydrogen-bond acceptors (Lipinski definition) is 28. The Balaban J connectivity index is 0.836. The van der Waals surface area contributed by atoms with Crippen molar-refractivity contribution in [2.75, 3.05) is 180 Å². The number of fused-ring (bicyclic) bond motifs is 4. The van der Waals surface area contributed by atoms with E-state index in [9.17, 15) is 77.3 Å². The van der Waals surface area contributed by atoms with Crippen LogP contribution in [0.1, 0.15) is 148 Å². The van der Waals surface area contributed by atoms with Crippen LogP contribution in [0, 0.1) is 12.8 Å². The van der Waals surface area contributed by atoms with E-state index in [0.717, 1.165) is 4.90 Å². The fraction of sp³-hybridized carbons (Fsp3) is 0.560. The molecular weight excluding hydrogens is 1710 g/mol. The van der Waals surface area contributed by atoms with Gasteiger partial charge in [0.15, 0.2) is 29.3 Å². The van der Waals surface area contributed by atoms with Crippen LogP contribution in [0.15, 0.2) is 84.9 Å². The van der Waals surface area contributed by atoms with Crippen molar-refractivity contribution in [2.24, 2.45) is 5.92 Å². The molecular formula is C91H123N11O29. The first-order valence-electron chi connectivity index (χ1n) is 44.2. The average Bonchev–Trinajstić information content (AvgIpc) is 1.62. The maximum Gasteiger partial charge on any atom is 0.416 e. The number of carboxylic acids is 1. The molecule has 7 atom stereocenters. The lowest BCUT2D eigenvalue weighted by molar-refractivity contribution is -0.140. The Labute approximate surface area is 760 Å². The molecule has 9 N–H and O–H groups in total. The molecule has 716 valence electrons. The van der Waals surface area contributed by atoms with Crippen LogP contribution >= 0.6 is 0 Å². The number of aryl methyl sites for hydroxylation is 1. The Hall–Kier alpha value is -11.8. The highest BCUT2D eigenvalue weighted by atomic mass is 16.6. The number of carbonyl (C=O) groups is 14. The van der Waals surface area contributed by atoms with Gasteiger partial charge in [-0.15, -0.1) is 0 Å². The van der Waals surface area contributed by atoms with Gasteiger partial charge in [0.1, 0.15) is 37.7 Å². The van der Waals surface area contributed by atoms with E-state index in [-0.39, 0.29) is 284 Å². The Morgan fingerprint density at radius 1 is 0.550 bits per heavy atom. The SMILES string of the molecule is C=C1C[C@H]2C(O)N3C(=O)OCc4ccc(cc4)NC(=O)[C@H](C)CC(=O)[C@H](C)NC(=O)CCOCCOCCOCCNC(=O)CCC(=O)NCCOCCOCCOCCC(=O)N[C@@H](CCCCCC(=O)COCCOC)C(=O)N[C@@H](CC(=O)O)C(=O)Nc4ccc(cc4)COC(=O)N4C[C@@H]5CCCN5C(=O)c5cc(OC)c(cc54)OCCCOc4cc3c(cc4C)C(=O)N2C1. The van der Waals surface area contributed by atoms with Gasteiger partial charge in [-0.1, -0.05) is 56.2 Å². The summed E-state index contributed by atoms with van der Waals surface area (Å²) in [5, 5.41) is 40.7. The normalized spacial score (nSPS) is 22.5. The molecule has 7 aliphatic rings. The Morgan fingerprint density at radius 3 is 1.71 bits per heavy atom. The molecule has 0 radical (unpaired) electrons. The van der Waals surface area contributed by atoms with Gasteiger partial charge in [0.05, 0.1) is 160 Å². The maximum absolute atomic E-state index is 14.5. The molecule has 8 bridgehead atoms. The van der Waals surface area contributed by atoms with Crippen LogP contribution in [0.2, 0.25) is 0 Å². The van der Waals surface area contributed by atoms with Crippen molar-refractivity contribution >= 4 is 106 Å². The lowest BCUT2D eigenvalue weighted by Gasteiger charge is -2.31. The number of Topliss-reactive ketones (excluding diaryl/α,β-unsaturated/α-hetero) is 2. The number of methoxy groups -OCH3 is 2. The van der Waals surface area contributed by atoms with E-state index in [4.69, 9.17) is 61.6 Å². The van der Waals surface area contributed by atoms with E-state index in [0.29, 0.717) is 73.2 Å². The molecule has 0 aromatic heterocycles. The minimum Gasteiger partial charge on any atom is -0.493 e. The number of benzene rings is 4. The van der Waals surface area contributed by atoms with Crippen molar-refractivity contribution in [1.29, 1.82) is 0 Å². The number of aliphatic hydroxyl groups is 1. The van der Waals surface area contributed by atoms with Crippen molar-refractivity contribution in [3.8, 4) is 17.2 Å². The molecule has 0 aliphatic carbocycles. The van der Waals surface area contributed by atoms with E-state index >= 15 is 0 Å². The summed E-state index contributed by atoms with van der Waals surface area (Å²) in [7, 11) is 2.92. The number of amides is 11. The molecule has 4 aromatic rings. The fourth-order valence-electron chi connectivity index (χ4n) is 14.8. The first-order chi connectivity index (χ1) is 63.2. The number of rotatable bonds is 14. The molecule has 0 spiro atoms. The van der Waals surface area contributed by atoms with Gasteiger partial charge in [-0.2, -0.15) is 0 Å². The van der Waals surface area contributed by atoms with Crippen molar-refractivity contribution in [3.05, 3.63) is 113 Å². The predicted molar refractivity (Wildman–Crippen MR) is 471 cm³/mol. The van der Waals surface area contributed by atoms with Gasteiger partial charge in [0.25, 0.3) is 11.8 Å². The van der Waals surface area contributed by atoms with E-state index in [1.54, 1.807) is 61.2 Å². The van der Waals surface area contributed by atoms with E-state index in [1.165, 1.54) is 61.3 Å². The van der Waals surface area contributed by atoms with Crippen LogP contribution in [0.5, 0.6) is 17.2 Å². The van der Waals surface area contributed by atoms with Crippen LogP contribution in [-0.2, 0) is 109 Å². The quantitative estimate of drug-likeness (QED) is 0.0566. The largest absolute Gasteiger partial charge is 0.493 e. The second kappa shape index (κ2) is 54.2. The van der Waals surface area contributed by atoms with Gasteiger partial charge < -0.3 is 119 Å². The van der Waals surface area contributed by atoms with Crippen LogP contribution in [0.4, 0.5) is 32.3 Å². The summed E-state index contributed by atoms with van der Waals surface area (Å²) in [6.45, 7) is 11.7. The second-order valence-electron chi connectivity index (χ2n) is 32.0. The molecule has 131 heavy (non-hydrogen) atoms. The molecule has 11 rings (SSSR count). The summed E-state index contributed by atoms with van der Waals surface area (Å²) in [6.07, 6.45) is -1.52. The van der Waals surface area contributed by atoms with Crippen LogP contribution < -0.4 is 61.2 Å². The summed E-state index contributed by atoms with van der Waals surface area (Å²) in [4.78, 5) is 193. The standard InChI is InChI=1S/C91H123N11O29/c1-58-46-74-89(116)102-73-52-76(59(2)47-68(73)88(115)100(74)53-58)128-30-11-31-129-78-51-72-69(49-77(78)120-6)87(114)99-29-10-12-66(99)54-101(72)90(117)130-55-62-17-21-65(22-18-62)96-86(113)71(50-83(109)110)98-85(112)70(14-9-7-8-13-67(103)57-127-37-36-119-5)97-82(108)26-33-122-39-43-126-45-41-124-35-28-93-80(106)24-23-79(105)92-27-34-123-40-44-125-42-38-121-32-25-81(107)94-61(4)75(104)48-60(3)84(111)95-64-19-15-63(16-20-64)56-131-91(102)118/h15-22,47,49,51-52,60-61,66,70-71,74,89,116H,1,7-14,23-46,48,50,53-57H2,2-6H3,(H,92,105)(H,93,106)(H,94,107)(H,95,111)(H,96,113)(H,97,108)(H,98,112)(H,109,110)/t60-,61+,66+,70+,71+,74+,89?/m1/s1. The lowest BCUT2D eigenvalue weighted by Crippen LogP contribution is -2.53. The zero-order valence-corrected chi connectivity index (χ0v) is 75.0. The fourth-order valence-corrected chi connectivity index (χ4v) is 14.8. The second-order valence-corrected chi connectivity index (χ2v) is 32.0. The number of carboxylic acid groups (broad SMARTS) is 1. The highest BCUT2D eigenvalue weighted by molar-refractivity contribution is 6.07. The van der Waals surface area contributed by atoms with E-state index in [1.807, 2.05) is 0 Å². The van der Waals surface area contributed by atoms with Crippen LogP contribution in [-0.4, -0.2) is 299 Å². The zero-order valence-electron chi connectivity index (χ0n) is 75.0. The summed E-state index contributed by atoms with van der Waals surface area (Å²) < 4.78 is 73.7. The number of aliphatic carboxylic acids is 1. The zero-order chi connectivity index (χ0) is 94.1. The van der Waals surface area contributed by atoms with Crippen LogP contribution in [0.25, 0.3) is 0 Å².